The van der Waals surface area contributed by atoms with Crippen molar-refractivity contribution in [2.24, 2.45) is 0 Å². The minimum Gasteiger partial charge on any atom is -0.490 e. The fraction of sp³-hybridized carbons (Fsp3) is 0.625. The number of ether oxygens (including phenoxy) is 3. The number of morpholine rings is 2. The Morgan fingerprint density at radius 2 is 1.65 bits per heavy atom. The molecule has 1 aromatic carbocycles. The van der Waals surface area contributed by atoms with Gasteiger partial charge in [-0.25, -0.2) is 0 Å². The van der Waals surface area contributed by atoms with Crippen LogP contribution in [0.1, 0.15) is 0 Å². The zero-order valence-corrected chi connectivity index (χ0v) is 14.2. The van der Waals surface area contributed by atoms with Crippen LogP contribution in [0.3, 0.4) is 0 Å². The summed E-state index contributed by atoms with van der Waals surface area (Å²) < 4.78 is 16.8. The Morgan fingerprint density at radius 3 is 2.35 bits per heavy atom. The molecular formula is C16H26ClN3O3. The van der Waals surface area contributed by atoms with Gasteiger partial charge in [-0.05, 0) is 12.1 Å². The number of hydrogen-bond acceptors (Lipinski definition) is 6. The second kappa shape index (κ2) is 9.17. The van der Waals surface area contributed by atoms with E-state index in [0.29, 0.717) is 6.61 Å². The monoisotopic (exact) mass is 343 g/mol. The van der Waals surface area contributed by atoms with E-state index in [9.17, 15) is 0 Å². The van der Waals surface area contributed by atoms with Crippen LogP contribution in [-0.4, -0.2) is 70.7 Å². The highest BCUT2D eigenvalue weighted by atomic mass is 35.5. The standard InChI is InChI=1S/C16H25N3O3.ClH/c17-14-1-2-15(19-6-10-21-11-7-19)16(13-14)22-12-5-18-3-8-20-9-4-18;/h1-2,13H,3-12,17H2;1H. The van der Waals surface area contributed by atoms with Gasteiger partial charge in [0.15, 0.2) is 0 Å². The summed E-state index contributed by atoms with van der Waals surface area (Å²) in [6, 6.07) is 5.90. The van der Waals surface area contributed by atoms with Crippen molar-refractivity contribution in [1.29, 1.82) is 0 Å². The Hall–Kier alpha value is -1.21. The lowest BCUT2D eigenvalue weighted by molar-refractivity contribution is 0.0322. The highest BCUT2D eigenvalue weighted by Crippen LogP contribution is 2.31. The molecule has 0 spiro atoms. The van der Waals surface area contributed by atoms with Gasteiger partial charge in [0.25, 0.3) is 0 Å². The average molecular weight is 344 g/mol. The molecule has 0 unspecified atom stereocenters. The topological polar surface area (TPSA) is 60.2 Å². The van der Waals surface area contributed by atoms with E-state index in [1.807, 2.05) is 18.2 Å². The Labute approximate surface area is 143 Å². The molecule has 0 amide bonds. The normalized spacial score (nSPS) is 19.2. The van der Waals surface area contributed by atoms with Crippen LogP contribution in [0, 0.1) is 0 Å². The zero-order valence-electron chi connectivity index (χ0n) is 13.4. The molecule has 0 aliphatic carbocycles. The van der Waals surface area contributed by atoms with Crippen molar-refractivity contribution >= 4 is 23.8 Å². The molecule has 2 aliphatic heterocycles. The van der Waals surface area contributed by atoms with Crippen molar-refractivity contribution in [2.45, 2.75) is 0 Å². The first-order valence-electron chi connectivity index (χ1n) is 7.98. The van der Waals surface area contributed by atoms with E-state index in [2.05, 4.69) is 9.80 Å². The maximum absolute atomic E-state index is 6.03. The van der Waals surface area contributed by atoms with Gasteiger partial charge >= 0.3 is 0 Å². The maximum atomic E-state index is 6.03. The number of benzene rings is 1. The molecule has 2 heterocycles. The van der Waals surface area contributed by atoms with E-state index in [4.69, 9.17) is 19.9 Å². The zero-order chi connectivity index (χ0) is 15.2. The first-order valence-corrected chi connectivity index (χ1v) is 7.98. The molecule has 23 heavy (non-hydrogen) atoms. The number of nitrogens with zero attached hydrogens (tertiary/aromatic N) is 2. The van der Waals surface area contributed by atoms with Crippen LogP contribution in [0.4, 0.5) is 11.4 Å². The van der Waals surface area contributed by atoms with Gasteiger partial charge in [-0.3, -0.25) is 4.90 Å². The predicted octanol–water partition coefficient (Wildman–Crippen LogP) is 1.24. The summed E-state index contributed by atoms with van der Waals surface area (Å²) in [5.74, 6) is 0.871. The Kier molecular flexibility index (Phi) is 7.23. The number of nitrogens with two attached hydrogens (primary N) is 1. The van der Waals surface area contributed by atoms with Crippen LogP contribution in [-0.2, 0) is 9.47 Å². The highest BCUT2D eigenvalue weighted by molar-refractivity contribution is 5.85. The largest absolute Gasteiger partial charge is 0.490 e. The van der Waals surface area contributed by atoms with Crippen molar-refractivity contribution in [1.82, 2.24) is 4.90 Å². The van der Waals surface area contributed by atoms with E-state index in [1.54, 1.807) is 0 Å². The average Bonchev–Trinajstić information content (AvgIpc) is 2.57. The molecule has 0 atom stereocenters. The number of rotatable bonds is 5. The van der Waals surface area contributed by atoms with Gasteiger partial charge in [0.05, 0.1) is 32.1 Å². The summed E-state index contributed by atoms with van der Waals surface area (Å²) in [4.78, 5) is 4.66. The summed E-state index contributed by atoms with van der Waals surface area (Å²) in [5.41, 5.74) is 7.77. The van der Waals surface area contributed by atoms with Crippen molar-refractivity contribution in [2.75, 3.05) is 76.4 Å². The number of hydrogen-bond donors (Lipinski definition) is 1. The van der Waals surface area contributed by atoms with Crippen LogP contribution in [0.25, 0.3) is 0 Å². The van der Waals surface area contributed by atoms with Crippen LogP contribution >= 0.6 is 12.4 Å². The van der Waals surface area contributed by atoms with Gasteiger partial charge in [0.2, 0.25) is 0 Å². The minimum absolute atomic E-state index is 0. The third-order valence-corrected chi connectivity index (χ3v) is 4.10. The quantitative estimate of drug-likeness (QED) is 0.812. The van der Waals surface area contributed by atoms with E-state index in [0.717, 1.165) is 76.3 Å². The summed E-state index contributed by atoms with van der Waals surface area (Å²) in [5, 5.41) is 0. The second-order valence-corrected chi connectivity index (χ2v) is 5.63. The molecule has 0 saturated carbocycles. The van der Waals surface area contributed by atoms with Gasteiger partial charge < -0.3 is 24.8 Å². The van der Waals surface area contributed by atoms with Crippen LogP contribution in [0.5, 0.6) is 5.75 Å². The summed E-state index contributed by atoms with van der Waals surface area (Å²) in [7, 11) is 0. The Balaban J connectivity index is 0.00000192. The molecule has 2 saturated heterocycles. The lowest BCUT2D eigenvalue weighted by atomic mass is 10.2. The fourth-order valence-electron chi connectivity index (χ4n) is 2.82. The predicted molar refractivity (Wildman–Crippen MR) is 93.9 cm³/mol. The molecule has 0 radical (unpaired) electrons. The maximum Gasteiger partial charge on any atom is 0.144 e. The second-order valence-electron chi connectivity index (χ2n) is 5.63. The molecule has 1 aromatic rings. The van der Waals surface area contributed by atoms with Crippen molar-refractivity contribution < 1.29 is 14.2 Å². The van der Waals surface area contributed by atoms with Gasteiger partial charge in [0, 0.05) is 44.5 Å². The van der Waals surface area contributed by atoms with Crippen LogP contribution in [0.15, 0.2) is 18.2 Å². The first kappa shape index (κ1) is 18.1. The number of nitrogen functional groups attached to an aromatic ring is 1. The van der Waals surface area contributed by atoms with Gasteiger partial charge in [0.1, 0.15) is 12.4 Å². The molecular weight excluding hydrogens is 318 g/mol. The molecule has 7 heteroatoms. The van der Waals surface area contributed by atoms with Crippen LogP contribution < -0.4 is 15.4 Å². The number of halogens is 1. The SMILES string of the molecule is Cl.Nc1ccc(N2CCOCC2)c(OCCN2CCOCC2)c1. The Morgan fingerprint density at radius 1 is 1.00 bits per heavy atom. The third kappa shape index (κ3) is 5.14. The van der Waals surface area contributed by atoms with Gasteiger partial charge in [-0.2, -0.15) is 0 Å². The smallest absolute Gasteiger partial charge is 0.144 e. The van der Waals surface area contributed by atoms with Gasteiger partial charge in [-0.1, -0.05) is 0 Å². The van der Waals surface area contributed by atoms with Crippen molar-refractivity contribution in [3.63, 3.8) is 0 Å². The third-order valence-electron chi connectivity index (χ3n) is 4.10. The van der Waals surface area contributed by atoms with E-state index < -0.39 is 0 Å². The minimum atomic E-state index is 0. The molecule has 2 aliphatic rings. The van der Waals surface area contributed by atoms with E-state index in [1.165, 1.54) is 0 Å². The molecule has 130 valence electrons. The fourth-order valence-corrected chi connectivity index (χ4v) is 2.82. The lowest BCUT2D eigenvalue weighted by Crippen LogP contribution is -2.39. The molecule has 0 aromatic heterocycles. The first-order chi connectivity index (χ1) is 10.8. The van der Waals surface area contributed by atoms with Crippen molar-refractivity contribution in [3.05, 3.63) is 18.2 Å². The molecule has 3 rings (SSSR count). The molecule has 2 fully saturated rings. The van der Waals surface area contributed by atoms with E-state index >= 15 is 0 Å². The summed E-state index contributed by atoms with van der Waals surface area (Å²) in [6.45, 7) is 8.49. The van der Waals surface area contributed by atoms with Crippen LogP contribution in [0.2, 0.25) is 0 Å². The number of anilines is 2. The summed E-state index contributed by atoms with van der Waals surface area (Å²) >= 11 is 0. The lowest BCUT2D eigenvalue weighted by Gasteiger charge is -2.31. The van der Waals surface area contributed by atoms with E-state index in [-0.39, 0.29) is 12.4 Å². The Bertz CT molecular complexity index is 478. The molecule has 6 nitrogen and oxygen atoms in total. The van der Waals surface area contributed by atoms with Crippen molar-refractivity contribution in [3.8, 4) is 5.75 Å². The van der Waals surface area contributed by atoms with Gasteiger partial charge in [-0.15, -0.1) is 12.4 Å². The highest BCUT2D eigenvalue weighted by Gasteiger charge is 2.16. The summed E-state index contributed by atoms with van der Waals surface area (Å²) in [6.07, 6.45) is 0. The molecule has 0 bridgehead atoms. The molecule has 2 N–H and O–H groups in total.